The molecule has 2 aliphatic rings. The number of rotatable bonds is 9. The van der Waals surface area contributed by atoms with E-state index in [9.17, 15) is 18.0 Å². The van der Waals surface area contributed by atoms with E-state index in [2.05, 4.69) is 20.2 Å². The first kappa shape index (κ1) is 27.9. The van der Waals surface area contributed by atoms with Gasteiger partial charge in [-0.2, -0.15) is 0 Å². The minimum absolute atomic E-state index is 0.150. The predicted octanol–water partition coefficient (Wildman–Crippen LogP) is 3.26. The van der Waals surface area contributed by atoms with Crippen molar-refractivity contribution in [3.05, 3.63) is 90.0 Å². The van der Waals surface area contributed by atoms with E-state index in [4.69, 9.17) is 0 Å². The van der Waals surface area contributed by atoms with Crippen molar-refractivity contribution >= 4 is 21.7 Å². The van der Waals surface area contributed by atoms with Gasteiger partial charge >= 0.3 is 0 Å². The molecule has 2 saturated heterocycles. The number of aromatic nitrogens is 2. The summed E-state index contributed by atoms with van der Waals surface area (Å²) >= 11 is 0. The highest BCUT2D eigenvalue weighted by Gasteiger charge is 2.47. The van der Waals surface area contributed by atoms with Crippen LogP contribution in [0.2, 0.25) is 0 Å². The summed E-state index contributed by atoms with van der Waals surface area (Å²) in [6.45, 7) is 3.71. The molecule has 2 fully saturated rings. The molecule has 1 aromatic heterocycles. The number of carbonyl (C=O) groups is 2. The van der Waals surface area contributed by atoms with Gasteiger partial charge < -0.3 is 15.1 Å². The first-order chi connectivity index (χ1) is 19.2. The molecule has 0 saturated carbocycles. The first-order valence-electron chi connectivity index (χ1n) is 13.7. The fourth-order valence-corrected chi connectivity index (χ4v) is 6.38. The summed E-state index contributed by atoms with van der Waals surface area (Å²) in [6, 6.07) is 16.6. The van der Waals surface area contributed by atoms with Gasteiger partial charge in [-0.3, -0.25) is 9.59 Å². The van der Waals surface area contributed by atoms with Crippen LogP contribution in [0.15, 0.2) is 78.2 Å². The van der Waals surface area contributed by atoms with Crippen LogP contribution >= 0.6 is 0 Å². The first-order valence-corrected chi connectivity index (χ1v) is 15.5. The Morgan fingerprint density at radius 3 is 2.27 bits per heavy atom. The molecule has 2 aromatic carbocycles. The zero-order valence-electron chi connectivity index (χ0n) is 22.7. The third-order valence-electron chi connectivity index (χ3n) is 8.20. The normalized spacial score (nSPS) is 18.1. The molecule has 10 heteroatoms. The van der Waals surface area contributed by atoms with Crippen molar-refractivity contribution in [3.63, 3.8) is 0 Å². The molecule has 0 unspecified atom stereocenters. The monoisotopic (exact) mass is 561 g/mol. The van der Waals surface area contributed by atoms with E-state index in [0.717, 1.165) is 63.0 Å². The smallest absolute Gasteiger partial charge is 0.254 e. The minimum atomic E-state index is -3.24. The second-order valence-corrected chi connectivity index (χ2v) is 12.9. The summed E-state index contributed by atoms with van der Waals surface area (Å²) in [5.74, 6) is 0.00787. The number of hydrogen-bond donors (Lipinski definition) is 1. The molecule has 1 spiro atoms. The average molecular weight is 562 g/mol. The maximum atomic E-state index is 13.5. The molecule has 2 amide bonds. The van der Waals surface area contributed by atoms with Crippen LogP contribution in [-0.4, -0.2) is 72.4 Å². The molecule has 5 rings (SSSR count). The molecule has 0 aliphatic carbocycles. The number of piperidine rings is 1. The number of nitrogens with zero attached hydrogens (tertiary/aromatic N) is 4. The van der Waals surface area contributed by atoms with E-state index < -0.39 is 9.84 Å². The fraction of sp³-hybridized carbons (Fsp3) is 0.400. The summed E-state index contributed by atoms with van der Waals surface area (Å²) in [4.78, 5) is 38.8. The number of nitrogens with one attached hydrogen (secondary N) is 1. The Labute approximate surface area is 235 Å². The molecule has 40 heavy (non-hydrogen) atoms. The van der Waals surface area contributed by atoms with Crippen LogP contribution in [0.4, 0.5) is 0 Å². The number of benzene rings is 2. The van der Waals surface area contributed by atoms with Gasteiger partial charge in [-0.05, 0) is 62.0 Å². The number of carbonyl (C=O) groups excluding carboxylic acids is 2. The Morgan fingerprint density at radius 1 is 0.975 bits per heavy atom. The highest BCUT2D eigenvalue weighted by molar-refractivity contribution is 7.90. The van der Waals surface area contributed by atoms with E-state index >= 15 is 0 Å². The third kappa shape index (κ3) is 6.39. The number of amides is 2. The number of sulfone groups is 1. The Morgan fingerprint density at radius 2 is 1.62 bits per heavy atom. The lowest BCUT2D eigenvalue weighted by molar-refractivity contribution is -0.138. The van der Waals surface area contributed by atoms with Gasteiger partial charge in [-0.25, -0.2) is 18.4 Å². The standard InChI is InChI=1S/C30H35N5O4S/c1-40(38,39)26-9-7-23(8-10-26)21-35-18-14-30(29(35)37)12-16-34(17-13-30)15-11-27(24-5-3-2-4-6-24)33-28(36)25-19-31-22-32-20-25/h2-10,19-20,22,27H,11-18,21H2,1H3,(H,33,36)/t27-/m0/s1. The van der Waals surface area contributed by atoms with E-state index in [1.54, 1.807) is 24.3 Å². The van der Waals surface area contributed by atoms with Crippen LogP contribution in [0.1, 0.15) is 53.2 Å². The Bertz CT molecular complexity index is 1420. The molecule has 9 nitrogen and oxygen atoms in total. The molecular weight excluding hydrogens is 526 g/mol. The summed E-state index contributed by atoms with van der Waals surface area (Å²) in [7, 11) is -3.24. The van der Waals surface area contributed by atoms with Crippen LogP contribution in [0.25, 0.3) is 0 Å². The lowest BCUT2D eigenvalue weighted by Crippen LogP contribution is -2.45. The topological polar surface area (TPSA) is 113 Å². The van der Waals surface area contributed by atoms with Crippen LogP contribution < -0.4 is 5.32 Å². The van der Waals surface area contributed by atoms with E-state index in [0.29, 0.717) is 12.1 Å². The summed E-state index contributed by atoms with van der Waals surface area (Å²) in [5.41, 5.74) is 2.10. The van der Waals surface area contributed by atoms with Gasteiger partial charge in [-0.1, -0.05) is 42.5 Å². The zero-order chi connectivity index (χ0) is 28.2. The SMILES string of the molecule is CS(=O)(=O)c1ccc(CN2CCC3(CCN(CC[C@H](NC(=O)c4cncnc4)c4ccccc4)CC3)C2=O)cc1. The molecule has 3 heterocycles. The average Bonchev–Trinajstić information content (AvgIpc) is 3.26. The van der Waals surface area contributed by atoms with Gasteiger partial charge in [0.2, 0.25) is 5.91 Å². The predicted molar refractivity (Wildman–Crippen MR) is 151 cm³/mol. The van der Waals surface area contributed by atoms with Gasteiger partial charge in [0.1, 0.15) is 6.33 Å². The second-order valence-electron chi connectivity index (χ2n) is 10.9. The van der Waals surface area contributed by atoms with Crippen molar-refractivity contribution in [2.24, 2.45) is 5.41 Å². The fourth-order valence-electron chi connectivity index (χ4n) is 5.75. The molecule has 0 radical (unpaired) electrons. The molecule has 3 aromatic rings. The van der Waals surface area contributed by atoms with Gasteiger partial charge in [-0.15, -0.1) is 0 Å². The summed E-state index contributed by atoms with van der Waals surface area (Å²) < 4.78 is 23.5. The maximum Gasteiger partial charge on any atom is 0.254 e. The molecule has 2 aliphatic heterocycles. The van der Waals surface area contributed by atoms with Gasteiger partial charge in [0, 0.05) is 38.3 Å². The Kier molecular flexibility index (Phi) is 8.27. The van der Waals surface area contributed by atoms with Crippen molar-refractivity contribution in [1.82, 2.24) is 25.1 Å². The largest absolute Gasteiger partial charge is 0.345 e. The maximum absolute atomic E-state index is 13.5. The summed E-state index contributed by atoms with van der Waals surface area (Å²) in [6.07, 6.45) is 8.87. The Balaban J connectivity index is 1.16. The lowest BCUT2D eigenvalue weighted by Gasteiger charge is -2.38. The lowest BCUT2D eigenvalue weighted by atomic mass is 9.77. The Hall–Kier alpha value is -3.63. The second kappa shape index (κ2) is 11.9. The summed E-state index contributed by atoms with van der Waals surface area (Å²) in [5, 5.41) is 3.15. The van der Waals surface area contributed by atoms with E-state index in [1.165, 1.54) is 25.0 Å². The van der Waals surface area contributed by atoms with Gasteiger partial charge in [0.25, 0.3) is 5.91 Å². The highest BCUT2D eigenvalue weighted by Crippen LogP contribution is 2.42. The van der Waals surface area contributed by atoms with Crippen molar-refractivity contribution in [3.8, 4) is 0 Å². The zero-order valence-corrected chi connectivity index (χ0v) is 23.5. The quantitative estimate of drug-likeness (QED) is 0.427. The van der Waals surface area contributed by atoms with Gasteiger partial charge in [0.05, 0.1) is 21.9 Å². The van der Waals surface area contributed by atoms with Gasteiger partial charge in [0.15, 0.2) is 9.84 Å². The van der Waals surface area contributed by atoms with E-state index in [-0.39, 0.29) is 28.2 Å². The van der Waals surface area contributed by atoms with Crippen molar-refractivity contribution < 1.29 is 18.0 Å². The number of hydrogen-bond acceptors (Lipinski definition) is 7. The molecule has 0 bridgehead atoms. The van der Waals surface area contributed by atoms with Crippen LogP contribution in [0.5, 0.6) is 0 Å². The van der Waals surface area contributed by atoms with Crippen LogP contribution in [0, 0.1) is 5.41 Å². The van der Waals surface area contributed by atoms with Crippen molar-refractivity contribution in [2.45, 2.75) is 43.2 Å². The molecule has 210 valence electrons. The minimum Gasteiger partial charge on any atom is -0.345 e. The molecule has 1 atom stereocenters. The number of likely N-dealkylation sites (tertiary alicyclic amines) is 2. The third-order valence-corrected chi connectivity index (χ3v) is 9.33. The molecule has 1 N–H and O–H groups in total. The van der Waals surface area contributed by atoms with E-state index in [1.807, 2.05) is 35.2 Å². The van der Waals surface area contributed by atoms with Crippen molar-refractivity contribution in [1.29, 1.82) is 0 Å². The van der Waals surface area contributed by atoms with Crippen molar-refractivity contribution in [2.75, 3.05) is 32.4 Å². The van der Waals surface area contributed by atoms with Crippen LogP contribution in [0.3, 0.4) is 0 Å². The molecular formula is C30H35N5O4S. The highest BCUT2D eigenvalue weighted by atomic mass is 32.2. The van der Waals surface area contributed by atoms with Crippen LogP contribution in [-0.2, 0) is 21.2 Å².